The number of nitrogens with zero attached hydrogens (tertiary/aromatic N) is 1. The van der Waals surface area contributed by atoms with E-state index in [2.05, 4.69) is 10.0 Å². The van der Waals surface area contributed by atoms with E-state index in [4.69, 9.17) is 11.6 Å². The topological polar surface area (TPSA) is 113 Å². The number of carbonyl (C=O) groups excluding carboxylic acids is 1. The van der Waals surface area contributed by atoms with Crippen molar-refractivity contribution in [1.29, 1.82) is 0 Å². The van der Waals surface area contributed by atoms with Crippen LogP contribution in [0, 0.1) is 0 Å². The second-order valence-electron chi connectivity index (χ2n) is 9.08. The van der Waals surface area contributed by atoms with Crippen LogP contribution in [0.5, 0.6) is 0 Å². The molecule has 0 aliphatic carbocycles. The maximum Gasteiger partial charge on any atom is 0.264 e. The number of nitrogens with one attached hydrogen (secondary N) is 2. The summed E-state index contributed by atoms with van der Waals surface area (Å²) in [5.41, 5.74) is 2.13. The summed E-state index contributed by atoms with van der Waals surface area (Å²) < 4.78 is 56.8. The lowest BCUT2D eigenvalue weighted by molar-refractivity contribution is 0.102. The highest BCUT2D eigenvalue weighted by Gasteiger charge is 2.36. The first-order valence-electron chi connectivity index (χ1n) is 12.0. The molecule has 0 saturated heterocycles. The Labute approximate surface area is 232 Å². The van der Waals surface area contributed by atoms with Crippen molar-refractivity contribution < 1.29 is 21.6 Å². The van der Waals surface area contributed by atoms with Crippen LogP contribution in [0.2, 0.25) is 5.02 Å². The number of sulfonamides is 2. The predicted molar refractivity (Wildman–Crippen MR) is 152 cm³/mol. The molecule has 0 radical (unpaired) electrons. The van der Waals surface area contributed by atoms with Gasteiger partial charge in [-0.25, -0.2) is 16.8 Å². The van der Waals surface area contributed by atoms with E-state index in [0.29, 0.717) is 12.1 Å². The van der Waals surface area contributed by atoms with Crippen molar-refractivity contribution in [2.75, 3.05) is 14.3 Å². The Morgan fingerprint density at radius 3 is 2.33 bits per heavy atom. The van der Waals surface area contributed by atoms with E-state index >= 15 is 0 Å². The van der Waals surface area contributed by atoms with Crippen LogP contribution >= 0.6 is 11.6 Å². The minimum atomic E-state index is -3.99. The molecule has 1 aliphatic heterocycles. The molecule has 1 amide bonds. The van der Waals surface area contributed by atoms with Crippen LogP contribution < -0.4 is 14.3 Å². The average Bonchev–Trinajstić information content (AvgIpc) is 3.26. The molecule has 0 spiro atoms. The van der Waals surface area contributed by atoms with Gasteiger partial charge in [0.25, 0.3) is 26.0 Å². The Morgan fingerprint density at radius 2 is 1.54 bits per heavy atom. The number of carbonyl (C=O) groups is 1. The molecule has 11 heteroatoms. The zero-order valence-electron chi connectivity index (χ0n) is 20.7. The van der Waals surface area contributed by atoms with Crippen molar-refractivity contribution in [3.05, 3.63) is 113 Å². The smallest absolute Gasteiger partial charge is 0.264 e. The molecule has 0 saturated carbocycles. The van der Waals surface area contributed by atoms with Crippen LogP contribution in [0.15, 0.2) is 107 Å². The number of anilines is 3. The fourth-order valence-corrected chi connectivity index (χ4v) is 7.61. The summed E-state index contributed by atoms with van der Waals surface area (Å²) in [5, 5.41) is 2.90. The first-order valence-corrected chi connectivity index (χ1v) is 15.3. The van der Waals surface area contributed by atoms with E-state index in [0.717, 1.165) is 5.56 Å². The molecule has 39 heavy (non-hydrogen) atoms. The zero-order chi connectivity index (χ0) is 27.8. The third-order valence-electron chi connectivity index (χ3n) is 6.32. The number of benzene rings is 4. The molecule has 8 nitrogen and oxygen atoms in total. The standard InChI is InChI=1S/C28H24ClN3O5S2/c1-19-16-20-8-2-5-15-27(20)32(19)39(36,37)24-12-6-9-21(17-24)28(33)30-22-10-7-11-23(18-22)38(34,35)31-26-14-4-3-13-25(26)29/h2-15,17-19,31H,16H2,1H3,(H,30,33)/t19-/m1/s1. The van der Waals surface area contributed by atoms with Gasteiger partial charge >= 0.3 is 0 Å². The number of para-hydroxylation sites is 2. The Bertz CT molecular complexity index is 1790. The van der Waals surface area contributed by atoms with Gasteiger partial charge in [0, 0.05) is 17.3 Å². The minimum absolute atomic E-state index is 0.0148. The van der Waals surface area contributed by atoms with Gasteiger partial charge in [0.1, 0.15) is 0 Å². The number of rotatable bonds is 7. The molecule has 0 unspecified atom stereocenters. The molecule has 200 valence electrons. The summed E-state index contributed by atoms with van der Waals surface area (Å²) >= 11 is 6.08. The van der Waals surface area contributed by atoms with Crippen LogP contribution in [0.25, 0.3) is 0 Å². The van der Waals surface area contributed by atoms with Gasteiger partial charge < -0.3 is 5.32 Å². The SMILES string of the molecule is C[C@@H]1Cc2ccccc2N1S(=O)(=O)c1cccc(C(=O)Nc2cccc(S(=O)(=O)Nc3ccccc3Cl)c2)c1. The third-order valence-corrected chi connectivity index (χ3v) is 9.94. The van der Waals surface area contributed by atoms with Crippen molar-refractivity contribution in [3.8, 4) is 0 Å². The van der Waals surface area contributed by atoms with Gasteiger partial charge in [-0.2, -0.15) is 0 Å². The minimum Gasteiger partial charge on any atom is -0.322 e. The third kappa shape index (κ3) is 5.36. The van der Waals surface area contributed by atoms with Crippen molar-refractivity contribution in [2.45, 2.75) is 29.2 Å². The first-order chi connectivity index (χ1) is 18.6. The lowest BCUT2D eigenvalue weighted by Gasteiger charge is -2.24. The predicted octanol–water partition coefficient (Wildman–Crippen LogP) is 5.53. The average molecular weight is 582 g/mol. The van der Waals surface area contributed by atoms with Gasteiger partial charge in [0.05, 0.1) is 26.2 Å². The van der Waals surface area contributed by atoms with Gasteiger partial charge in [0.15, 0.2) is 0 Å². The summed E-state index contributed by atoms with van der Waals surface area (Å²) in [6.45, 7) is 1.84. The number of halogens is 1. The number of hydrogen-bond donors (Lipinski definition) is 2. The summed E-state index contributed by atoms with van der Waals surface area (Å²) in [5.74, 6) is -0.587. The summed E-state index contributed by atoms with van der Waals surface area (Å²) in [6.07, 6.45) is 0.597. The van der Waals surface area contributed by atoms with Crippen molar-refractivity contribution in [3.63, 3.8) is 0 Å². The van der Waals surface area contributed by atoms with Gasteiger partial charge in [-0.15, -0.1) is 0 Å². The highest BCUT2D eigenvalue weighted by molar-refractivity contribution is 7.93. The molecule has 0 aromatic heterocycles. The summed E-state index contributed by atoms with van der Waals surface area (Å²) in [4.78, 5) is 13.0. The fraction of sp³-hybridized carbons (Fsp3) is 0.107. The van der Waals surface area contributed by atoms with E-state index in [9.17, 15) is 21.6 Å². The normalized spacial score (nSPS) is 15.0. The molecule has 2 N–H and O–H groups in total. The van der Waals surface area contributed by atoms with Gasteiger partial charge in [-0.05, 0) is 73.5 Å². The van der Waals surface area contributed by atoms with E-state index in [1.807, 2.05) is 19.1 Å². The quantitative estimate of drug-likeness (QED) is 0.298. The molecule has 1 aliphatic rings. The molecular weight excluding hydrogens is 558 g/mol. The number of hydrogen-bond acceptors (Lipinski definition) is 5. The monoisotopic (exact) mass is 581 g/mol. The van der Waals surface area contributed by atoms with E-state index < -0.39 is 26.0 Å². The number of fused-ring (bicyclic) bond motifs is 1. The number of amides is 1. The van der Waals surface area contributed by atoms with Gasteiger partial charge in [-0.1, -0.05) is 54.1 Å². The maximum absolute atomic E-state index is 13.6. The molecule has 1 heterocycles. The Balaban J connectivity index is 1.38. The second kappa shape index (κ2) is 10.4. The van der Waals surface area contributed by atoms with Gasteiger partial charge in [0.2, 0.25) is 0 Å². The van der Waals surface area contributed by atoms with E-state index in [1.165, 1.54) is 58.9 Å². The lowest BCUT2D eigenvalue weighted by atomic mass is 10.1. The fourth-order valence-electron chi connectivity index (χ4n) is 4.51. The maximum atomic E-state index is 13.6. The summed E-state index contributed by atoms with van der Waals surface area (Å²) in [7, 11) is -7.93. The van der Waals surface area contributed by atoms with Crippen LogP contribution in [-0.4, -0.2) is 28.8 Å². The van der Waals surface area contributed by atoms with Crippen molar-refractivity contribution in [1.82, 2.24) is 0 Å². The van der Waals surface area contributed by atoms with Crippen LogP contribution in [0.1, 0.15) is 22.8 Å². The Morgan fingerprint density at radius 1 is 0.846 bits per heavy atom. The molecule has 4 aromatic rings. The second-order valence-corrected chi connectivity index (χ2v) is 13.0. The molecule has 1 atom stereocenters. The molecule has 0 fully saturated rings. The van der Waals surface area contributed by atoms with Gasteiger partial charge in [-0.3, -0.25) is 13.8 Å². The largest absolute Gasteiger partial charge is 0.322 e. The van der Waals surface area contributed by atoms with E-state index in [1.54, 1.807) is 30.3 Å². The summed E-state index contributed by atoms with van der Waals surface area (Å²) in [6, 6.07) is 25.0. The molecule has 4 aromatic carbocycles. The molecule has 5 rings (SSSR count). The Hall–Kier alpha value is -3.86. The highest BCUT2D eigenvalue weighted by Crippen LogP contribution is 2.36. The zero-order valence-corrected chi connectivity index (χ0v) is 23.1. The first kappa shape index (κ1) is 26.7. The van der Waals surface area contributed by atoms with Crippen molar-refractivity contribution >= 4 is 54.6 Å². The van der Waals surface area contributed by atoms with Crippen molar-refractivity contribution in [2.24, 2.45) is 0 Å². The Kier molecular flexibility index (Phi) is 7.11. The van der Waals surface area contributed by atoms with E-state index in [-0.39, 0.29) is 37.8 Å². The van der Waals surface area contributed by atoms with Crippen LogP contribution in [0.4, 0.5) is 17.1 Å². The van der Waals surface area contributed by atoms with Crippen LogP contribution in [0.3, 0.4) is 0 Å². The lowest BCUT2D eigenvalue weighted by Crippen LogP contribution is -2.35. The molecular formula is C28H24ClN3O5S2. The van der Waals surface area contributed by atoms with Crippen LogP contribution in [-0.2, 0) is 26.5 Å². The highest BCUT2D eigenvalue weighted by atomic mass is 35.5. The molecule has 0 bridgehead atoms.